The number of ether oxygens (including phenoxy) is 1. The molecule has 0 aliphatic carbocycles. The average Bonchev–Trinajstić information content (AvgIpc) is 2.42. The van der Waals surface area contributed by atoms with Crippen LogP contribution in [0.3, 0.4) is 0 Å². The van der Waals surface area contributed by atoms with Gasteiger partial charge < -0.3 is 20.7 Å². The summed E-state index contributed by atoms with van der Waals surface area (Å²) in [5, 5.41) is 20.5. The smallest absolute Gasteiger partial charge is 0.136 e. The molecule has 20 heavy (non-hydrogen) atoms. The normalized spacial score (nSPS) is 14.9. The van der Waals surface area contributed by atoms with Gasteiger partial charge in [0.2, 0.25) is 0 Å². The topological polar surface area (TPSA) is 78.5 Å². The summed E-state index contributed by atoms with van der Waals surface area (Å²) < 4.78 is 5.72. The van der Waals surface area contributed by atoms with E-state index in [1.807, 2.05) is 24.3 Å². The number of nitrogens with two attached hydrogens (primary N) is 1. The van der Waals surface area contributed by atoms with Crippen LogP contribution in [0.15, 0.2) is 48.2 Å². The van der Waals surface area contributed by atoms with Crippen molar-refractivity contribution in [1.82, 2.24) is 0 Å². The first-order chi connectivity index (χ1) is 9.61. The van der Waals surface area contributed by atoms with Crippen molar-refractivity contribution in [2.24, 2.45) is 0 Å². The molecule has 2 aromatic carbocycles. The molecule has 2 aromatic rings. The van der Waals surface area contributed by atoms with Crippen LogP contribution >= 0.6 is 0 Å². The first kappa shape index (κ1) is 12.2. The monoisotopic (exact) mass is 266 g/mol. The summed E-state index contributed by atoms with van der Waals surface area (Å²) in [7, 11) is 0. The van der Waals surface area contributed by atoms with Crippen molar-refractivity contribution in [3.05, 3.63) is 59.4 Å². The Morgan fingerprint density at radius 2 is 1.95 bits per heavy atom. The Morgan fingerprint density at radius 3 is 2.75 bits per heavy atom. The third kappa shape index (κ3) is 2.31. The molecule has 0 saturated carbocycles. The summed E-state index contributed by atoms with van der Waals surface area (Å²) in [6, 6.07) is 9.80. The van der Waals surface area contributed by atoms with Gasteiger partial charge in [0.05, 0.1) is 0 Å². The number of phenolic OH excluding ortho intramolecular Hbond substituents is 1. The second-order valence-corrected chi connectivity index (χ2v) is 4.51. The molecule has 0 amide bonds. The number of nitrogen functional groups attached to an aromatic ring is 1. The highest BCUT2D eigenvalue weighted by atomic mass is 16.5. The fourth-order valence-corrected chi connectivity index (χ4v) is 1.98. The number of anilines is 1. The molecular formula is C16H12NO3-. The Labute approximate surface area is 116 Å². The zero-order valence-corrected chi connectivity index (χ0v) is 10.5. The highest BCUT2D eigenvalue weighted by Gasteiger charge is 2.09. The molecule has 0 bridgehead atoms. The third-order valence-corrected chi connectivity index (χ3v) is 2.98. The van der Waals surface area contributed by atoms with Crippen LogP contribution in [0, 0.1) is 0 Å². The Kier molecular flexibility index (Phi) is 2.84. The average molecular weight is 266 g/mol. The number of allylic oxidation sites excluding steroid dienone is 1. The van der Waals surface area contributed by atoms with Gasteiger partial charge >= 0.3 is 0 Å². The molecule has 4 heteroatoms. The van der Waals surface area contributed by atoms with Crippen LogP contribution in [-0.2, 0) is 0 Å². The number of aromatic hydroxyl groups is 1. The van der Waals surface area contributed by atoms with Crippen LogP contribution in [-0.4, -0.2) is 5.11 Å². The van der Waals surface area contributed by atoms with Crippen LogP contribution in [0.5, 0.6) is 17.2 Å². The van der Waals surface area contributed by atoms with E-state index >= 15 is 0 Å². The van der Waals surface area contributed by atoms with E-state index in [9.17, 15) is 10.2 Å². The van der Waals surface area contributed by atoms with E-state index in [4.69, 9.17) is 10.5 Å². The van der Waals surface area contributed by atoms with Gasteiger partial charge in [0.15, 0.2) is 0 Å². The lowest BCUT2D eigenvalue weighted by Gasteiger charge is -2.15. The van der Waals surface area contributed by atoms with Crippen molar-refractivity contribution in [3.8, 4) is 17.2 Å². The van der Waals surface area contributed by atoms with Crippen LogP contribution in [0.2, 0.25) is 0 Å². The van der Waals surface area contributed by atoms with Gasteiger partial charge in [0.1, 0.15) is 17.3 Å². The van der Waals surface area contributed by atoms with Crippen molar-refractivity contribution in [2.75, 3.05) is 5.73 Å². The Hall–Kier alpha value is -2.88. The van der Waals surface area contributed by atoms with E-state index in [0.29, 0.717) is 22.8 Å². The minimum atomic E-state index is -0.398. The molecule has 0 spiro atoms. The summed E-state index contributed by atoms with van der Waals surface area (Å²) in [6.07, 6.45) is 5.48. The van der Waals surface area contributed by atoms with Crippen molar-refractivity contribution < 1.29 is 14.9 Å². The van der Waals surface area contributed by atoms with Crippen molar-refractivity contribution >= 4 is 17.8 Å². The molecule has 0 fully saturated rings. The number of phenols is 1. The molecule has 4 nitrogen and oxygen atoms in total. The zero-order valence-electron chi connectivity index (χ0n) is 10.5. The van der Waals surface area contributed by atoms with Crippen LogP contribution in [0.1, 0.15) is 11.1 Å². The number of fused-ring (bicyclic) bond motifs is 1. The van der Waals surface area contributed by atoms with Gasteiger partial charge in [-0.1, -0.05) is 17.9 Å². The fourth-order valence-electron chi connectivity index (χ4n) is 1.98. The van der Waals surface area contributed by atoms with Gasteiger partial charge in [-0.3, -0.25) is 0 Å². The van der Waals surface area contributed by atoms with Crippen LogP contribution in [0.4, 0.5) is 5.69 Å². The molecule has 0 aromatic heterocycles. The molecule has 100 valence electrons. The highest BCUT2D eigenvalue weighted by molar-refractivity contribution is 5.69. The quantitative estimate of drug-likeness (QED) is 0.777. The van der Waals surface area contributed by atoms with E-state index in [1.54, 1.807) is 18.2 Å². The number of hydrogen-bond donors (Lipinski definition) is 2. The first-order valence-electron chi connectivity index (χ1n) is 6.09. The third-order valence-electron chi connectivity index (χ3n) is 2.98. The van der Waals surface area contributed by atoms with Crippen LogP contribution in [0.25, 0.3) is 12.2 Å². The second-order valence-electron chi connectivity index (χ2n) is 4.51. The Balaban J connectivity index is 1.93. The van der Waals surface area contributed by atoms with Crippen molar-refractivity contribution in [3.63, 3.8) is 0 Å². The SMILES string of the molecule is Nc1ccc2c(c1)O/C(=C/c1ccc([O-])c(O)c1)C=C2. The van der Waals surface area contributed by atoms with Gasteiger partial charge in [-0.15, -0.1) is 0 Å². The molecular weight excluding hydrogens is 254 g/mol. The maximum Gasteiger partial charge on any atom is 0.136 e. The molecule has 0 unspecified atom stereocenters. The van der Waals surface area contributed by atoms with E-state index in [0.717, 1.165) is 5.56 Å². The number of rotatable bonds is 1. The minimum absolute atomic E-state index is 0.274. The Bertz CT molecular complexity index is 732. The van der Waals surface area contributed by atoms with E-state index < -0.39 is 5.75 Å². The molecule has 0 radical (unpaired) electrons. The van der Waals surface area contributed by atoms with Gasteiger partial charge in [0, 0.05) is 17.3 Å². The van der Waals surface area contributed by atoms with E-state index in [1.165, 1.54) is 12.1 Å². The highest BCUT2D eigenvalue weighted by Crippen LogP contribution is 2.31. The molecule has 3 N–H and O–H groups in total. The first-order valence-corrected chi connectivity index (χ1v) is 6.09. The predicted octanol–water partition coefficient (Wildman–Crippen LogP) is 2.49. The van der Waals surface area contributed by atoms with Gasteiger partial charge in [-0.05, 0) is 42.0 Å². The zero-order chi connectivity index (χ0) is 14.1. The van der Waals surface area contributed by atoms with E-state index in [-0.39, 0.29) is 5.75 Å². The maximum atomic E-state index is 11.1. The van der Waals surface area contributed by atoms with Gasteiger partial charge in [-0.2, -0.15) is 0 Å². The summed E-state index contributed by atoms with van der Waals surface area (Å²) in [5.74, 6) is 0.624. The molecule has 1 aliphatic rings. The lowest BCUT2D eigenvalue weighted by molar-refractivity contribution is -0.270. The summed E-state index contributed by atoms with van der Waals surface area (Å²) >= 11 is 0. The maximum absolute atomic E-state index is 11.1. The van der Waals surface area contributed by atoms with Crippen molar-refractivity contribution in [1.29, 1.82) is 0 Å². The molecule has 0 atom stereocenters. The largest absolute Gasteiger partial charge is 0.870 e. The molecule has 1 aliphatic heterocycles. The molecule has 1 heterocycles. The number of hydrogen-bond acceptors (Lipinski definition) is 4. The standard InChI is InChI=1S/C16H13NO3/c17-12-4-2-11-3-5-13(20-16(11)9-12)7-10-1-6-14(18)15(19)8-10/h1-9,18-19H,17H2/p-1/b13-7+. The van der Waals surface area contributed by atoms with Gasteiger partial charge in [0.25, 0.3) is 0 Å². The second kappa shape index (κ2) is 4.66. The minimum Gasteiger partial charge on any atom is -0.870 e. The summed E-state index contributed by atoms with van der Waals surface area (Å²) in [6.45, 7) is 0. The van der Waals surface area contributed by atoms with Crippen LogP contribution < -0.4 is 15.6 Å². The van der Waals surface area contributed by atoms with Gasteiger partial charge in [-0.25, -0.2) is 0 Å². The Morgan fingerprint density at radius 1 is 1.10 bits per heavy atom. The predicted molar refractivity (Wildman–Crippen MR) is 76.0 cm³/mol. The van der Waals surface area contributed by atoms with E-state index in [2.05, 4.69) is 0 Å². The fraction of sp³-hybridized carbons (Fsp3) is 0. The lowest BCUT2D eigenvalue weighted by Crippen LogP contribution is -2.00. The lowest BCUT2D eigenvalue weighted by atomic mass is 10.1. The molecule has 0 saturated heterocycles. The number of benzene rings is 2. The van der Waals surface area contributed by atoms with Crippen molar-refractivity contribution in [2.45, 2.75) is 0 Å². The molecule has 3 rings (SSSR count). The summed E-state index contributed by atoms with van der Waals surface area (Å²) in [5.41, 5.74) is 8.00. The summed E-state index contributed by atoms with van der Waals surface area (Å²) in [4.78, 5) is 0.